The number of hydrogen-bond donors (Lipinski definition) is 1. The van der Waals surface area contributed by atoms with Crippen molar-refractivity contribution in [3.8, 4) is 5.75 Å². The van der Waals surface area contributed by atoms with Crippen molar-refractivity contribution < 1.29 is 19.4 Å². The van der Waals surface area contributed by atoms with Crippen molar-refractivity contribution in [2.75, 3.05) is 7.11 Å². The Morgan fingerprint density at radius 2 is 2.00 bits per heavy atom. The van der Waals surface area contributed by atoms with Gasteiger partial charge in [0.1, 0.15) is 5.75 Å². The molecule has 0 saturated heterocycles. The SMILES string of the molecule is COc1cc(C)c(Cl)cc1C(=O)CCC(=O)O. The Morgan fingerprint density at radius 3 is 2.53 bits per heavy atom. The number of aliphatic carboxylic acids is 1. The van der Waals surface area contributed by atoms with E-state index in [1.165, 1.54) is 13.2 Å². The Kier molecular flexibility index (Phi) is 4.52. The summed E-state index contributed by atoms with van der Waals surface area (Å²) in [6.07, 6.45) is -0.265. The molecule has 0 fully saturated rings. The van der Waals surface area contributed by atoms with Crippen LogP contribution in [0.4, 0.5) is 0 Å². The molecular formula is C12H13ClO4. The van der Waals surface area contributed by atoms with Crippen molar-refractivity contribution in [1.82, 2.24) is 0 Å². The molecule has 0 atom stereocenters. The van der Waals surface area contributed by atoms with Crippen LogP contribution in [0.2, 0.25) is 5.02 Å². The highest BCUT2D eigenvalue weighted by Gasteiger charge is 2.15. The molecule has 4 nitrogen and oxygen atoms in total. The van der Waals surface area contributed by atoms with Gasteiger partial charge in [0.2, 0.25) is 0 Å². The molecule has 1 rings (SSSR count). The number of rotatable bonds is 5. The predicted molar refractivity (Wildman–Crippen MR) is 63.9 cm³/mol. The van der Waals surface area contributed by atoms with E-state index in [1.54, 1.807) is 13.0 Å². The summed E-state index contributed by atoms with van der Waals surface area (Å²) >= 11 is 5.93. The normalized spacial score (nSPS) is 10.1. The van der Waals surface area contributed by atoms with E-state index in [9.17, 15) is 9.59 Å². The lowest BCUT2D eigenvalue weighted by Gasteiger charge is -2.09. The molecular weight excluding hydrogens is 244 g/mol. The van der Waals surface area contributed by atoms with Gasteiger partial charge in [0.05, 0.1) is 19.1 Å². The van der Waals surface area contributed by atoms with Gasteiger partial charge >= 0.3 is 5.97 Å². The van der Waals surface area contributed by atoms with Crippen molar-refractivity contribution in [2.45, 2.75) is 19.8 Å². The second-order valence-corrected chi connectivity index (χ2v) is 4.03. The molecule has 0 unspecified atom stereocenters. The van der Waals surface area contributed by atoms with Crippen LogP contribution in [0.3, 0.4) is 0 Å². The molecule has 92 valence electrons. The van der Waals surface area contributed by atoms with Gasteiger partial charge in [-0.2, -0.15) is 0 Å². The van der Waals surface area contributed by atoms with Gasteiger partial charge in [-0.3, -0.25) is 9.59 Å². The number of carboxylic acids is 1. The first-order valence-electron chi connectivity index (χ1n) is 5.05. The van der Waals surface area contributed by atoms with Crippen LogP contribution in [0.15, 0.2) is 12.1 Å². The van der Waals surface area contributed by atoms with Crippen molar-refractivity contribution >= 4 is 23.4 Å². The number of carbonyl (C=O) groups is 2. The van der Waals surface area contributed by atoms with Gasteiger partial charge in [0, 0.05) is 11.4 Å². The van der Waals surface area contributed by atoms with Gasteiger partial charge in [-0.25, -0.2) is 0 Å². The topological polar surface area (TPSA) is 63.6 Å². The highest BCUT2D eigenvalue weighted by Crippen LogP contribution is 2.27. The monoisotopic (exact) mass is 256 g/mol. The maximum Gasteiger partial charge on any atom is 0.303 e. The van der Waals surface area contributed by atoms with Gasteiger partial charge in [0.15, 0.2) is 5.78 Å². The maximum absolute atomic E-state index is 11.8. The van der Waals surface area contributed by atoms with Gasteiger partial charge in [0.25, 0.3) is 0 Å². The quantitative estimate of drug-likeness (QED) is 0.823. The average Bonchev–Trinajstić information content (AvgIpc) is 2.28. The number of ketones is 1. The van der Waals surface area contributed by atoms with E-state index >= 15 is 0 Å². The maximum atomic E-state index is 11.8. The summed E-state index contributed by atoms with van der Waals surface area (Å²) in [5.74, 6) is -0.871. The van der Waals surface area contributed by atoms with Crippen molar-refractivity contribution in [3.05, 3.63) is 28.3 Å². The van der Waals surface area contributed by atoms with Crippen LogP contribution in [0, 0.1) is 6.92 Å². The molecule has 0 bridgehead atoms. The molecule has 0 aliphatic rings. The minimum atomic E-state index is -1.00. The molecule has 1 N–H and O–H groups in total. The number of methoxy groups -OCH3 is 1. The van der Waals surface area contributed by atoms with E-state index < -0.39 is 5.97 Å². The molecule has 1 aromatic carbocycles. The summed E-state index contributed by atoms with van der Waals surface area (Å²) in [6, 6.07) is 3.18. The third kappa shape index (κ3) is 3.46. The van der Waals surface area contributed by atoms with Crippen molar-refractivity contribution in [2.24, 2.45) is 0 Å². The molecule has 0 aliphatic heterocycles. The summed E-state index contributed by atoms with van der Waals surface area (Å²) in [7, 11) is 1.46. The minimum absolute atomic E-state index is 0.0644. The number of benzene rings is 1. The van der Waals surface area contributed by atoms with E-state index in [4.69, 9.17) is 21.4 Å². The summed E-state index contributed by atoms with van der Waals surface area (Å²) in [5.41, 5.74) is 1.13. The number of carbonyl (C=O) groups excluding carboxylic acids is 1. The summed E-state index contributed by atoms with van der Waals surface area (Å²) in [6.45, 7) is 1.80. The minimum Gasteiger partial charge on any atom is -0.496 e. The van der Waals surface area contributed by atoms with E-state index in [2.05, 4.69) is 0 Å². The largest absolute Gasteiger partial charge is 0.496 e. The van der Waals surface area contributed by atoms with E-state index in [-0.39, 0.29) is 18.6 Å². The Bertz CT molecular complexity index is 454. The van der Waals surface area contributed by atoms with E-state index in [1.807, 2.05) is 0 Å². The third-order valence-electron chi connectivity index (χ3n) is 2.35. The molecule has 0 amide bonds. The zero-order chi connectivity index (χ0) is 13.0. The van der Waals surface area contributed by atoms with Gasteiger partial charge in [-0.1, -0.05) is 11.6 Å². The van der Waals surface area contributed by atoms with Crippen LogP contribution in [-0.2, 0) is 4.79 Å². The lowest BCUT2D eigenvalue weighted by Crippen LogP contribution is -2.06. The second-order valence-electron chi connectivity index (χ2n) is 3.62. The molecule has 1 aromatic rings. The van der Waals surface area contributed by atoms with Crippen LogP contribution in [0.1, 0.15) is 28.8 Å². The van der Waals surface area contributed by atoms with Crippen LogP contribution in [0.5, 0.6) is 5.75 Å². The Labute approximate surface area is 104 Å². The number of ether oxygens (including phenoxy) is 1. The highest BCUT2D eigenvalue weighted by atomic mass is 35.5. The van der Waals surface area contributed by atoms with Crippen LogP contribution in [0.25, 0.3) is 0 Å². The number of halogens is 1. The molecule has 0 aliphatic carbocycles. The molecule has 0 spiro atoms. The number of hydrogen-bond acceptors (Lipinski definition) is 3. The summed E-state index contributed by atoms with van der Waals surface area (Å²) in [4.78, 5) is 22.2. The number of Topliss-reactive ketones (excluding diaryl/α,β-unsaturated/α-hetero) is 1. The fraction of sp³-hybridized carbons (Fsp3) is 0.333. The first-order valence-corrected chi connectivity index (χ1v) is 5.42. The standard InChI is InChI=1S/C12H13ClO4/c1-7-5-11(17-2)8(6-9(7)13)10(14)3-4-12(15)16/h5-6H,3-4H2,1-2H3,(H,15,16). The number of carboxylic acid groups (broad SMARTS) is 1. The second kappa shape index (κ2) is 5.68. The van der Waals surface area contributed by atoms with Crippen molar-refractivity contribution in [1.29, 1.82) is 0 Å². The number of aryl methyl sites for hydroxylation is 1. The molecule has 5 heteroatoms. The van der Waals surface area contributed by atoms with Gasteiger partial charge in [-0.05, 0) is 24.6 Å². The lowest BCUT2D eigenvalue weighted by atomic mass is 10.0. The lowest BCUT2D eigenvalue weighted by molar-refractivity contribution is -0.136. The van der Waals surface area contributed by atoms with Gasteiger partial charge in [-0.15, -0.1) is 0 Å². The fourth-order valence-electron chi connectivity index (χ4n) is 1.40. The molecule has 0 aromatic heterocycles. The van der Waals surface area contributed by atoms with Gasteiger partial charge < -0.3 is 9.84 Å². The smallest absolute Gasteiger partial charge is 0.303 e. The Morgan fingerprint density at radius 1 is 1.35 bits per heavy atom. The highest BCUT2D eigenvalue weighted by molar-refractivity contribution is 6.31. The Balaban J connectivity index is 2.99. The summed E-state index contributed by atoms with van der Waals surface area (Å²) < 4.78 is 5.08. The first kappa shape index (κ1) is 13.5. The van der Waals surface area contributed by atoms with Crippen LogP contribution >= 0.6 is 11.6 Å². The first-order chi connectivity index (χ1) is 7.95. The third-order valence-corrected chi connectivity index (χ3v) is 2.75. The summed E-state index contributed by atoms with van der Waals surface area (Å²) in [5, 5.41) is 8.99. The van der Waals surface area contributed by atoms with E-state index in [0.29, 0.717) is 16.3 Å². The predicted octanol–water partition coefficient (Wildman–Crippen LogP) is 2.70. The zero-order valence-electron chi connectivity index (χ0n) is 9.62. The van der Waals surface area contributed by atoms with Crippen LogP contribution < -0.4 is 4.74 Å². The Hall–Kier alpha value is -1.55. The molecule has 17 heavy (non-hydrogen) atoms. The van der Waals surface area contributed by atoms with E-state index in [0.717, 1.165) is 5.56 Å². The zero-order valence-corrected chi connectivity index (χ0v) is 10.4. The van der Waals surface area contributed by atoms with Crippen molar-refractivity contribution in [3.63, 3.8) is 0 Å². The molecule has 0 heterocycles. The van der Waals surface area contributed by atoms with Crippen LogP contribution in [-0.4, -0.2) is 24.0 Å². The average molecular weight is 257 g/mol. The molecule has 0 saturated carbocycles. The fourth-order valence-corrected chi connectivity index (χ4v) is 1.56. The molecule has 0 radical (unpaired) electrons.